The van der Waals surface area contributed by atoms with Crippen molar-refractivity contribution >= 4 is 52.0 Å². The summed E-state index contributed by atoms with van der Waals surface area (Å²) in [6.07, 6.45) is 4.04. The first-order valence-corrected chi connectivity index (χ1v) is 13.4. The number of hydrogen-bond acceptors (Lipinski definition) is 8. The van der Waals surface area contributed by atoms with Gasteiger partial charge in [-0.1, -0.05) is 29.3 Å². The molecule has 2 saturated heterocycles. The van der Waals surface area contributed by atoms with Gasteiger partial charge < -0.3 is 15.3 Å². The van der Waals surface area contributed by atoms with Crippen LogP contribution in [0.5, 0.6) is 0 Å². The molecule has 0 bridgehead atoms. The van der Waals surface area contributed by atoms with E-state index in [4.69, 9.17) is 38.3 Å². The Bertz CT molecular complexity index is 1280. The predicted molar refractivity (Wildman–Crippen MR) is 146 cm³/mol. The number of piperazine rings is 1. The smallest absolute Gasteiger partial charge is 0.317 e. The number of fused-ring (bicyclic) bond motifs is 1. The SMILES string of the molecule is C[C@@H](Nc1nc(N2CCN(C3CCCN(CC(=O)O)C3)CC2)nc2cn(C)nc12)c1ccc(Cl)cc1Cl. The number of anilines is 2. The first-order chi connectivity index (χ1) is 17.8. The van der Waals surface area contributed by atoms with Crippen LogP contribution in [0.1, 0.15) is 31.4 Å². The number of aryl methyl sites for hydroxylation is 1. The molecule has 2 atom stereocenters. The summed E-state index contributed by atoms with van der Waals surface area (Å²) in [5, 5.41) is 18.4. The molecular weight excluding hydrogens is 515 g/mol. The van der Waals surface area contributed by atoms with Crippen molar-refractivity contribution in [2.45, 2.75) is 31.8 Å². The Morgan fingerprint density at radius 2 is 1.97 bits per heavy atom. The van der Waals surface area contributed by atoms with Crippen molar-refractivity contribution in [2.75, 3.05) is 56.0 Å². The Labute approximate surface area is 226 Å². The van der Waals surface area contributed by atoms with E-state index in [2.05, 4.69) is 20.2 Å². The zero-order valence-electron chi connectivity index (χ0n) is 21.1. The van der Waals surface area contributed by atoms with Crippen molar-refractivity contribution in [1.82, 2.24) is 29.5 Å². The van der Waals surface area contributed by atoms with Crippen LogP contribution in [-0.2, 0) is 11.8 Å². The highest BCUT2D eigenvalue weighted by atomic mass is 35.5. The number of aliphatic carboxylic acids is 1. The maximum Gasteiger partial charge on any atom is 0.317 e. The van der Waals surface area contributed by atoms with Gasteiger partial charge in [0.2, 0.25) is 5.95 Å². The largest absolute Gasteiger partial charge is 0.480 e. The van der Waals surface area contributed by atoms with Gasteiger partial charge in [-0.2, -0.15) is 10.1 Å². The molecular formula is C25H32Cl2N8O2. The lowest BCUT2D eigenvalue weighted by Crippen LogP contribution is -2.55. The number of nitrogens with one attached hydrogen (secondary N) is 1. The maximum atomic E-state index is 11.2. The molecule has 2 aliphatic rings. The van der Waals surface area contributed by atoms with E-state index >= 15 is 0 Å². The van der Waals surface area contributed by atoms with Crippen LogP contribution in [0.4, 0.5) is 11.8 Å². The summed E-state index contributed by atoms with van der Waals surface area (Å²) in [6, 6.07) is 5.76. The molecule has 5 rings (SSSR count). The van der Waals surface area contributed by atoms with E-state index in [0.717, 1.165) is 63.2 Å². The standard InChI is InChI=1S/C25H32Cl2N8O2/c1-16(19-6-5-17(26)12-20(19)27)28-24-23-21(14-32(2)31-23)29-25(30-24)35-10-8-34(9-11-35)18-4-3-7-33(13-18)15-22(36)37/h5-6,12,14,16,18H,3-4,7-11,13,15H2,1-2H3,(H,36,37)(H,28,29,30)/t16-,18?/m1/s1. The third kappa shape index (κ3) is 5.93. The van der Waals surface area contributed by atoms with Gasteiger partial charge in [0, 0.05) is 55.9 Å². The van der Waals surface area contributed by atoms with Crippen LogP contribution in [0.3, 0.4) is 0 Å². The number of rotatable bonds is 7. The highest BCUT2D eigenvalue weighted by molar-refractivity contribution is 6.35. The zero-order valence-corrected chi connectivity index (χ0v) is 22.6. The van der Waals surface area contributed by atoms with Gasteiger partial charge in [0.25, 0.3) is 0 Å². The van der Waals surface area contributed by atoms with E-state index in [1.54, 1.807) is 10.7 Å². The number of carbonyl (C=O) groups is 1. The second kappa shape index (κ2) is 11.0. The first kappa shape index (κ1) is 26.0. The van der Waals surface area contributed by atoms with Crippen LogP contribution in [0, 0.1) is 0 Å². The average Bonchev–Trinajstić information content (AvgIpc) is 3.24. The molecule has 1 aromatic carbocycles. The number of halogens is 2. The number of carboxylic acid groups (broad SMARTS) is 1. The summed E-state index contributed by atoms with van der Waals surface area (Å²) in [5.74, 6) is 0.580. The van der Waals surface area contributed by atoms with Gasteiger partial charge in [-0.3, -0.25) is 19.3 Å². The molecule has 2 N–H and O–H groups in total. The third-order valence-electron chi connectivity index (χ3n) is 7.20. The van der Waals surface area contributed by atoms with E-state index in [0.29, 0.717) is 33.4 Å². The quantitative estimate of drug-likeness (QED) is 0.460. The highest BCUT2D eigenvalue weighted by Gasteiger charge is 2.30. The molecule has 0 spiro atoms. The molecule has 198 valence electrons. The summed E-state index contributed by atoms with van der Waals surface area (Å²) in [6.45, 7) is 7.20. The summed E-state index contributed by atoms with van der Waals surface area (Å²) in [7, 11) is 1.88. The van der Waals surface area contributed by atoms with Crippen LogP contribution in [-0.4, -0.2) is 92.5 Å². The number of hydrogen-bond donors (Lipinski definition) is 2. The monoisotopic (exact) mass is 546 g/mol. The van der Waals surface area contributed by atoms with Crippen molar-refractivity contribution in [2.24, 2.45) is 7.05 Å². The molecule has 0 aliphatic carbocycles. The second-order valence-electron chi connectivity index (χ2n) is 9.89. The molecule has 10 nitrogen and oxygen atoms in total. The second-order valence-corrected chi connectivity index (χ2v) is 10.7. The van der Waals surface area contributed by atoms with Gasteiger partial charge in [-0.05, 0) is 44.0 Å². The number of aromatic nitrogens is 4. The van der Waals surface area contributed by atoms with E-state index in [1.165, 1.54) is 0 Å². The lowest BCUT2D eigenvalue weighted by molar-refractivity contribution is -0.138. The zero-order chi connectivity index (χ0) is 26.1. The molecule has 3 aromatic rings. The third-order valence-corrected chi connectivity index (χ3v) is 7.76. The van der Waals surface area contributed by atoms with Crippen LogP contribution in [0.2, 0.25) is 10.0 Å². The molecule has 0 amide bonds. The minimum absolute atomic E-state index is 0.116. The molecule has 2 aliphatic heterocycles. The fraction of sp³-hybridized carbons (Fsp3) is 0.520. The summed E-state index contributed by atoms with van der Waals surface area (Å²) >= 11 is 12.5. The number of piperidine rings is 1. The van der Waals surface area contributed by atoms with Crippen molar-refractivity contribution in [1.29, 1.82) is 0 Å². The van der Waals surface area contributed by atoms with Gasteiger partial charge >= 0.3 is 5.97 Å². The fourth-order valence-electron chi connectivity index (χ4n) is 5.34. The molecule has 4 heterocycles. The Morgan fingerprint density at radius 3 is 2.70 bits per heavy atom. The number of likely N-dealkylation sites (tertiary alicyclic amines) is 1. The minimum atomic E-state index is -0.759. The van der Waals surface area contributed by atoms with E-state index in [9.17, 15) is 4.79 Å². The van der Waals surface area contributed by atoms with Gasteiger partial charge in [0.15, 0.2) is 11.3 Å². The van der Waals surface area contributed by atoms with Crippen LogP contribution < -0.4 is 10.2 Å². The van der Waals surface area contributed by atoms with Gasteiger partial charge in [0.05, 0.1) is 18.8 Å². The summed E-state index contributed by atoms with van der Waals surface area (Å²) < 4.78 is 1.75. The van der Waals surface area contributed by atoms with Crippen molar-refractivity contribution in [3.63, 3.8) is 0 Å². The fourth-order valence-corrected chi connectivity index (χ4v) is 5.91. The van der Waals surface area contributed by atoms with Gasteiger partial charge in [-0.25, -0.2) is 4.98 Å². The first-order valence-electron chi connectivity index (χ1n) is 12.6. The van der Waals surface area contributed by atoms with Crippen LogP contribution in [0.15, 0.2) is 24.4 Å². The maximum absolute atomic E-state index is 11.2. The van der Waals surface area contributed by atoms with E-state index in [-0.39, 0.29) is 12.6 Å². The Kier molecular flexibility index (Phi) is 7.71. The predicted octanol–water partition coefficient (Wildman–Crippen LogP) is 3.51. The lowest BCUT2D eigenvalue weighted by Gasteiger charge is -2.43. The Balaban J connectivity index is 1.31. The topological polar surface area (TPSA) is 103 Å². The summed E-state index contributed by atoms with van der Waals surface area (Å²) in [5.41, 5.74) is 2.42. The van der Waals surface area contributed by atoms with Gasteiger partial charge in [-0.15, -0.1) is 0 Å². The Hall–Kier alpha value is -2.66. The van der Waals surface area contributed by atoms with E-state index < -0.39 is 5.97 Å². The molecule has 37 heavy (non-hydrogen) atoms. The minimum Gasteiger partial charge on any atom is -0.480 e. The van der Waals surface area contributed by atoms with Crippen molar-refractivity contribution in [3.05, 3.63) is 40.0 Å². The van der Waals surface area contributed by atoms with Crippen LogP contribution in [0.25, 0.3) is 11.0 Å². The number of benzene rings is 1. The van der Waals surface area contributed by atoms with Crippen molar-refractivity contribution in [3.8, 4) is 0 Å². The highest BCUT2D eigenvalue weighted by Crippen LogP contribution is 2.31. The number of carboxylic acids is 1. The molecule has 12 heteroatoms. The molecule has 2 fully saturated rings. The lowest BCUT2D eigenvalue weighted by atomic mass is 10.0. The average molecular weight is 547 g/mol. The summed E-state index contributed by atoms with van der Waals surface area (Å²) in [4.78, 5) is 27.6. The van der Waals surface area contributed by atoms with E-state index in [1.807, 2.05) is 37.2 Å². The normalized spacial score (nSPS) is 20.3. The molecule has 1 unspecified atom stereocenters. The Morgan fingerprint density at radius 1 is 1.19 bits per heavy atom. The van der Waals surface area contributed by atoms with Crippen LogP contribution >= 0.6 is 23.2 Å². The van der Waals surface area contributed by atoms with Crippen molar-refractivity contribution < 1.29 is 9.90 Å². The molecule has 0 radical (unpaired) electrons. The molecule has 2 aromatic heterocycles. The molecule has 0 saturated carbocycles. The number of nitrogens with zero attached hydrogens (tertiary/aromatic N) is 7. The van der Waals surface area contributed by atoms with Gasteiger partial charge in [0.1, 0.15) is 5.52 Å².